The lowest BCUT2D eigenvalue weighted by Gasteiger charge is -2.10. The highest BCUT2D eigenvalue weighted by Gasteiger charge is 2.06. The van der Waals surface area contributed by atoms with Gasteiger partial charge in [0.2, 0.25) is 0 Å². The van der Waals surface area contributed by atoms with Gasteiger partial charge in [-0.1, -0.05) is 11.6 Å². The zero-order valence-corrected chi connectivity index (χ0v) is 10.8. The van der Waals surface area contributed by atoms with Gasteiger partial charge in [0.15, 0.2) is 0 Å². The Kier molecular flexibility index (Phi) is 3.88. The van der Waals surface area contributed by atoms with Crippen LogP contribution in [0.2, 0.25) is 5.02 Å². The van der Waals surface area contributed by atoms with Gasteiger partial charge in [0, 0.05) is 11.8 Å². The third kappa shape index (κ3) is 2.95. The van der Waals surface area contributed by atoms with Crippen molar-refractivity contribution in [3.63, 3.8) is 0 Å². The fourth-order valence-electron chi connectivity index (χ4n) is 1.58. The summed E-state index contributed by atoms with van der Waals surface area (Å²) in [4.78, 5) is 0. The first-order chi connectivity index (χ1) is 9.13. The van der Waals surface area contributed by atoms with Gasteiger partial charge in [-0.05, 0) is 30.3 Å². The second-order valence-corrected chi connectivity index (χ2v) is 4.18. The lowest BCUT2D eigenvalue weighted by molar-refractivity contribution is 0.415. The van der Waals surface area contributed by atoms with Gasteiger partial charge < -0.3 is 10.1 Å². The molecule has 5 heteroatoms. The third-order valence-electron chi connectivity index (χ3n) is 2.55. The Bertz CT molecular complexity index is 652. The quantitative estimate of drug-likeness (QED) is 0.918. The van der Waals surface area contributed by atoms with Gasteiger partial charge in [-0.25, -0.2) is 4.39 Å². The predicted octanol–water partition coefficient (Wildman–Crippen LogP) is 4.10. The Labute approximate surface area is 115 Å². The maximum Gasteiger partial charge on any atom is 0.143 e. The molecule has 0 aliphatic heterocycles. The van der Waals surface area contributed by atoms with Crippen molar-refractivity contribution in [2.24, 2.45) is 0 Å². The summed E-state index contributed by atoms with van der Waals surface area (Å²) in [5.41, 5.74) is 1.49. The van der Waals surface area contributed by atoms with Gasteiger partial charge in [0.1, 0.15) is 17.6 Å². The van der Waals surface area contributed by atoms with Crippen molar-refractivity contribution in [1.82, 2.24) is 0 Å². The van der Waals surface area contributed by atoms with E-state index in [1.807, 2.05) is 0 Å². The molecule has 0 saturated heterocycles. The molecular formula is C14H10ClFN2O. The molecule has 19 heavy (non-hydrogen) atoms. The number of methoxy groups -OCH3 is 1. The number of anilines is 2. The van der Waals surface area contributed by atoms with E-state index in [-0.39, 0.29) is 5.02 Å². The minimum atomic E-state index is -0.520. The van der Waals surface area contributed by atoms with Crippen LogP contribution in [0.15, 0.2) is 36.4 Å². The summed E-state index contributed by atoms with van der Waals surface area (Å²) in [6, 6.07) is 11.4. The van der Waals surface area contributed by atoms with Crippen LogP contribution in [-0.2, 0) is 0 Å². The standard InChI is InChI=1S/C14H10ClFN2O/c1-19-11-4-2-9(8-17)14(7-11)18-10-3-5-12(15)13(16)6-10/h2-7,18H,1H3. The number of benzene rings is 2. The average molecular weight is 277 g/mol. The maximum absolute atomic E-state index is 13.3. The van der Waals surface area contributed by atoms with Crippen molar-refractivity contribution in [3.8, 4) is 11.8 Å². The molecule has 0 fully saturated rings. The first-order valence-corrected chi connectivity index (χ1v) is 5.82. The van der Waals surface area contributed by atoms with E-state index in [2.05, 4.69) is 11.4 Å². The molecule has 0 aliphatic carbocycles. The third-order valence-corrected chi connectivity index (χ3v) is 2.85. The lowest BCUT2D eigenvalue weighted by Crippen LogP contribution is -1.95. The summed E-state index contributed by atoms with van der Waals surface area (Å²) in [6.07, 6.45) is 0. The topological polar surface area (TPSA) is 45.0 Å². The molecule has 0 bridgehead atoms. The average Bonchev–Trinajstić information content (AvgIpc) is 2.43. The molecule has 3 nitrogen and oxygen atoms in total. The molecular weight excluding hydrogens is 267 g/mol. The summed E-state index contributed by atoms with van der Waals surface area (Å²) in [5, 5.41) is 12.1. The summed E-state index contributed by atoms with van der Waals surface area (Å²) < 4.78 is 18.4. The molecule has 2 aromatic carbocycles. The van der Waals surface area contributed by atoms with E-state index in [9.17, 15) is 4.39 Å². The van der Waals surface area contributed by atoms with Crippen LogP contribution >= 0.6 is 11.6 Å². The van der Waals surface area contributed by atoms with Crippen molar-refractivity contribution >= 4 is 23.0 Å². The number of hydrogen-bond donors (Lipinski definition) is 1. The molecule has 1 N–H and O–H groups in total. The van der Waals surface area contributed by atoms with E-state index in [0.717, 1.165) is 0 Å². The highest BCUT2D eigenvalue weighted by molar-refractivity contribution is 6.30. The SMILES string of the molecule is COc1ccc(C#N)c(Nc2ccc(Cl)c(F)c2)c1. The number of nitriles is 1. The van der Waals surface area contributed by atoms with E-state index in [4.69, 9.17) is 21.6 Å². The Balaban J connectivity index is 2.36. The number of nitrogens with zero attached hydrogens (tertiary/aromatic N) is 1. The zero-order chi connectivity index (χ0) is 13.8. The first-order valence-electron chi connectivity index (χ1n) is 5.44. The van der Waals surface area contributed by atoms with Crippen LogP contribution in [0.3, 0.4) is 0 Å². The Morgan fingerprint density at radius 1 is 1.26 bits per heavy atom. The van der Waals surface area contributed by atoms with E-state index in [0.29, 0.717) is 22.7 Å². The van der Waals surface area contributed by atoms with Crippen LogP contribution < -0.4 is 10.1 Å². The molecule has 0 spiro atoms. The van der Waals surface area contributed by atoms with Crippen LogP contribution in [0.4, 0.5) is 15.8 Å². The fraction of sp³-hybridized carbons (Fsp3) is 0.0714. The number of hydrogen-bond acceptors (Lipinski definition) is 3. The van der Waals surface area contributed by atoms with Gasteiger partial charge in [-0.15, -0.1) is 0 Å². The van der Waals surface area contributed by atoms with E-state index in [1.54, 1.807) is 24.3 Å². The molecule has 0 unspecified atom stereocenters. The van der Waals surface area contributed by atoms with Gasteiger partial charge >= 0.3 is 0 Å². The van der Waals surface area contributed by atoms with Crippen molar-refractivity contribution in [1.29, 1.82) is 5.26 Å². The first kappa shape index (κ1) is 13.2. The number of ether oxygens (including phenoxy) is 1. The van der Waals surface area contributed by atoms with E-state index in [1.165, 1.54) is 19.2 Å². The Morgan fingerprint density at radius 3 is 2.68 bits per heavy atom. The van der Waals surface area contributed by atoms with Crippen molar-refractivity contribution < 1.29 is 9.13 Å². The lowest BCUT2D eigenvalue weighted by atomic mass is 10.1. The molecule has 96 valence electrons. The molecule has 2 rings (SSSR count). The normalized spacial score (nSPS) is 9.79. The fourth-order valence-corrected chi connectivity index (χ4v) is 1.70. The summed E-state index contributed by atoms with van der Waals surface area (Å²) in [5.74, 6) is 0.0870. The van der Waals surface area contributed by atoms with Crippen LogP contribution in [0, 0.1) is 17.1 Å². The van der Waals surface area contributed by atoms with E-state index < -0.39 is 5.82 Å². The number of nitrogens with one attached hydrogen (secondary N) is 1. The van der Waals surface area contributed by atoms with Crippen LogP contribution in [0.25, 0.3) is 0 Å². The van der Waals surface area contributed by atoms with Gasteiger partial charge in [0.05, 0.1) is 23.4 Å². The monoisotopic (exact) mass is 276 g/mol. The molecule has 2 aromatic rings. The molecule has 0 aliphatic rings. The van der Waals surface area contributed by atoms with Gasteiger partial charge in [-0.3, -0.25) is 0 Å². The largest absolute Gasteiger partial charge is 0.497 e. The second-order valence-electron chi connectivity index (χ2n) is 3.78. The summed E-state index contributed by atoms with van der Waals surface area (Å²) >= 11 is 5.61. The van der Waals surface area contributed by atoms with Crippen molar-refractivity contribution in [2.45, 2.75) is 0 Å². The smallest absolute Gasteiger partial charge is 0.143 e. The van der Waals surface area contributed by atoms with Crippen LogP contribution in [-0.4, -0.2) is 7.11 Å². The summed E-state index contributed by atoms with van der Waals surface area (Å²) in [7, 11) is 1.53. The molecule has 0 atom stereocenters. The van der Waals surface area contributed by atoms with Gasteiger partial charge in [-0.2, -0.15) is 5.26 Å². The summed E-state index contributed by atoms with van der Waals surface area (Å²) in [6.45, 7) is 0. The van der Waals surface area contributed by atoms with Crippen LogP contribution in [0.1, 0.15) is 5.56 Å². The maximum atomic E-state index is 13.3. The molecule has 0 amide bonds. The number of halogens is 2. The molecule has 0 aromatic heterocycles. The van der Waals surface area contributed by atoms with E-state index >= 15 is 0 Å². The highest BCUT2D eigenvalue weighted by atomic mass is 35.5. The Morgan fingerprint density at radius 2 is 2.05 bits per heavy atom. The van der Waals surface area contributed by atoms with Gasteiger partial charge in [0.25, 0.3) is 0 Å². The Hall–Kier alpha value is -2.25. The molecule has 0 saturated carbocycles. The minimum absolute atomic E-state index is 0.0525. The van der Waals surface area contributed by atoms with Crippen LogP contribution in [0.5, 0.6) is 5.75 Å². The second kappa shape index (κ2) is 5.59. The zero-order valence-electron chi connectivity index (χ0n) is 10.1. The predicted molar refractivity (Wildman–Crippen MR) is 72.4 cm³/mol. The highest BCUT2D eigenvalue weighted by Crippen LogP contribution is 2.27. The van der Waals surface area contributed by atoms with Crippen molar-refractivity contribution in [3.05, 3.63) is 52.8 Å². The minimum Gasteiger partial charge on any atom is -0.497 e. The molecule has 0 heterocycles. The van der Waals surface area contributed by atoms with Crippen molar-refractivity contribution in [2.75, 3.05) is 12.4 Å². The number of rotatable bonds is 3. The molecule has 0 radical (unpaired) electrons.